The van der Waals surface area contributed by atoms with E-state index in [1.165, 1.54) is 6.07 Å². The fourth-order valence-corrected chi connectivity index (χ4v) is 3.30. The van der Waals surface area contributed by atoms with Crippen LogP contribution in [0.3, 0.4) is 0 Å². The molecule has 1 saturated heterocycles. The third-order valence-electron chi connectivity index (χ3n) is 4.59. The Morgan fingerprint density at radius 3 is 2.59 bits per heavy atom. The van der Waals surface area contributed by atoms with E-state index in [4.69, 9.17) is 0 Å². The second-order valence-electron chi connectivity index (χ2n) is 6.38. The highest BCUT2D eigenvalue weighted by molar-refractivity contribution is 5.71. The Morgan fingerprint density at radius 2 is 1.95 bits per heavy atom. The van der Waals surface area contributed by atoms with E-state index >= 15 is 0 Å². The van der Waals surface area contributed by atoms with Gasteiger partial charge in [-0.15, -0.1) is 0 Å². The molecule has 1 fully saturated rings. The number of hydrogen-bond acceptors (Lipinski definition) is 4. The summed E-state index contributed by atoms with van der Waals surface area (Å²) in [5.74, 6) is 0.676. The van der Waals surface area contributed by atoms with E-state index in [1.54, 1.807) is 0 Å². The van der Waals surface area contributed by atoms with E-state index in [9.17, 15) is 13.2 Å². The molecule has 0 unspecified atom stereocenters. The molecule has 0 aliphatic carbocycles. The van der Waals surface area contributed by atoms with Crippen molar-refractivity contribution < 1.29 is 13.2 Å². The largest absolute Gasteiger partial charge is 0.417 e. The summed E-state index contributed by atoms with van der Waals surface area (Å²) in [5, 5.41) is 0. The lowest BCUT2D eigenvalue weighted by atomic mass is 10.0. The molecule has 0 saturated carbocycles. The fraction of sp³-hybridized carbons (Fsp3) is 0.667. The van der Waals surface area contributed by atoms with Crippen LogP contribution in [0.2, 0.25) is 0 Å². The molecular formula is C15H21F3N4. The number of anilines is 2. The quantitative estimate of drug-likeness (QED) is 0.794. The Kier molecular flexibility index (Phi) is 3.71. The Balaban J connectivity index is 1.91. The van der Waals surface area contributed by atoms with Gasteiger partial charge in [0.1, 0.15) is 0 Å². The molecule has 2 aliphatic heterocycles. The van der Waals surface area contributed by atoms with Crippen molar-refractivity contribution in [2.75, 3.05) is 43.0 Å². The van der Waals surface area contributed by atoms with E-state index < -0.39 is 11.7 Å². The van der Waals surface area contributed by atoms with Crippen LogP contribution >= 0.6 is 0 Å². The predicted molar refractivity (Wildman–Crippen MR) is 80.4 cm³/mol. The minimum absolute atomic E-state index is 0.276. The molecule has 1 atom stereocenters. The lowest BCUT2D eigenvalue weighted by Crippen LogP contribution is -2.60. The van der Waals surface area contributed by atoms with E-state index in [1.807, 2.05) is 11.9 Å². The third kappa shape index (κ3) is 2.62. The van der Waals surface area contributed by atoms with E-state index in [2.05, 4.69) is 28.6 Å². The Labute approximate surface area is 128 Å². The Hall–Kier alpha value is -1.50. The van der Waals surface area contributed by atoms with Gasteiger partial charge in [0.2, 0.25) is 0 Å². The number of likely N-dealkylation sites (N-methyl/N-ethyl adjacent to an activating group) is 1. The minimum atomic E-state index is -4.35. The Bertz CT molecular complexity index is 558. The van der Waals surface area contributed by atoms with E-state index in [0.29, 0.717) is 17.5 Å². The van der Waals surface area contributed by atoms with Crippen molar-refractivity contribution >= 4 is 11.5 Å². The predicted octanol–water partition coefficient (Wildman–Crippen LogP) is 2.45. The first-order valence-corrected chi connectivity index (χ1v) is 7.56. The molecule has 0 aromatic carbocycles. The van der Waals surface area contributed by atoms with E-state index in [-0.39, 0.29) is 6.04 Å². The third-order valence-corrected chi connectivity index (χ3v) is 4.59. The van der Waals surface area contributed by atoms with Crippen molar-refractivity contribution in [3.8, 4) is 0 Å². The molecule has 3 heterocycles. The highest BCUT2D eigenvalue weighted by Crippen LogP contribution is 2.38. The van der Waals surface area contributed by atoms with Crippen molar-refractivity contribution in [3.63, 3.8) is 0 Å². The highest BCUT2D eigenvalue weighted by atomic mass is 19.4. The van der Waals surface area contributed by atoms with Crippen LogP contribution in [0.25, 0.3) is 0 Å². The standard InChI is InChI=1S/C15H21F3N4/c1-10(2)21-4-5-22-12(9-21)8-20(3)13-6-11(15(16,17)18)7-19-14(13)22/h6-7,10,12H,4-5,8-9H2,1-3H3/t12-/m1/s1. The maximum atomic E-state index is 12.9. The summed E-state index contributed by atoms with van der Waals surface area (Å²) in [5.41, 5.74) is -0.110. The SMILES string of the molecule is CC(C)N1CCN2c3ncc(C(F)(F)F)cc3N(C)C[C@@H]2C1. The number of aromatic nitrogens is 1. The highest BCUT2D eigenvalue weighted by Gasteiger charge is 2.38. The smallest absolute Gasteiger partial charge is 0.369 e. The van der Waals surface area contributed by atoms with Crippen molar-refractivity contribution in [1.82, 2.24) is 9.88 Å². The summed E-state index contributed by atoms with van der Waals surface area (Å²) >= 11 is 0. The number of pyridine rings is 1. The molecule has 4 nitrogen and oxygen atoms in total. The normalized spacial score (nSPS) is 22.8. The first kappa shape index (κ1) is 15.4. The van der Waals surface area contributed by atoms with Crippen molar-refractivity contribution in [1.29, 1.82) is 0 Å². The molecule has 0 amide bonds. The summed E-state index contributed by atoms with van der Waals surface area (Å²) in [6, 6.07) is 1.97. The second kappa shape index (κ2) is 5.30. The van der Waals surface area contributed by atoms with Gasteiger partial charge < -0.3 is 9.80 Å². The van der Waals surface area contributed by atoms with Crippen molar-refractivity contribution in [2.24, 2.45) is 0 Å². The fourth-order valence-electron chi connectivity index (χ4n) is 3.30. The van der Waals surface area contributed by atoms with Gasteiger partial charge in [0.05, 0.1) is 17.3 Å². The van der Waals surface area contributed by atoms with Crippen LogP contribution in [0.15, 0.2) is 12.3 Å². The molecule has 0 spiro atoms. The number of fused-ring (bicyclic) bond motifs is 3. The Morgan fingerprint density at radius 1 is 1.23 bits per heavy atom. The van der Waals surface area contributed by atoms with Crippen LogP contribution in [0.4, 0.5) is 24.7 Å². The summed E-state index contributed by atoms with van der Waals surface area (Å²) in [7, 11) is 1.84. The summed E-state index contributed by atoms with van der Waals surface area (Å²) in [6.07, 6.45) is -3.40. The van der Waals surface area contributed by atoms with Crippen LogP contribution in [0.1, 0.15) is 19.4 Å². The average molecular weight is 314 g/mol. The van der Waals surface area contributed by atoms with Crippen LogP contribution in [-0.2, 0) is 6.18 Å². The molecule has 122 valence electrons. The molecule has 2 aliphatic rings. The number of piperazine rings is 1. The second-order valence-corrected chi connectivity index (χ2v) is 6.38. The van der Waals surface area contributed by atoms with Crippen LogP contribution in [0, 0.1) is 0 Å². The molecule has 0 N–H and O–H groups in total. The van der Waals surface area contributed by atoms with E-state index in [0.717, 1.165) is 32.4 Å². The van der Waals surface area contributed by atoms with Crippen molar-refractivity contribution in [2.45, 2.75) is 32.1 Å². The topological polar surface area (TPSA) is 22.6 Å². The van der Waals surface area contributed by atoms with Gasteiger partial charge in [-0.3, -0.25) is 4.90 Å². The molecule has 1 aromatic rings. The first-order chi connectivity index (χ1) is 10.3. The molecule has 22 heavy (non-hydrogen) atoms. The van der Waals surface area contributed by atoms with Gasteiger partial charge in [0.25, 0.3) is 0 Å². The lowest BCUT2D eigenvalue weighted by molar-refractivity contribution is -0.137. The maximum absolute atomic E-state index is 12.9. The van der Waals surface area contributed by atoms with Gasteiger partial charge >= 0.3 is 6.18 Å². The summed E-state index contributed by atoms with van der Waals surface area (Å²) < 4.78 is 38.6. The number of nitrogens with zero attached hydrogens (tertiary/aromatic N) is 4. The lowest BCUT2D eigenvalue weighted by Gasteiger charge is -2.49. The minimum Gasteiger partial charge on any atom is -0.369 e. The zero-order valence-corrected chi connectivity index (χ0v) is 13.1. The zero-order chi connectivity index (χ0) is 16.1. The van der Waals surface area contributed by atoms with Gasteiger partial charge in [-0.2, -0.15) is 13.2 Å². The van der Waals surface area contributed by atoms with Gasteiger partial charge in [-0.05, 0) is 19.9 Å². The van der Waals surface area contributed by atoms with Gasteiger partial charge in [-0.25, -0.2) is 4.98 Å². The maximum Gasteiger partial charge on any atom is 0.417 e. The number of halogens is 3. The van der Waals surface area contributed by atoms with Crippen LogP contribution in [-0.4, -0.2) is 55.2 Å². The van der Waals surface area contributed by atoms with Gasteiger partial charge in [-0.1, -0.05) is 0 Å². The monoisotopic (exact) mass is 314 g/mol. The molecule has 3 rings (SSSR count). The molecule has 0 radical (unpaired) electrons. The molecule has 7 heteroatoms. The summed E-state index contributed by atoms with van der Waals surface area (Å²) in [4.78, 5) is 10.6. The first-order valence-electron chi connectivity index (χ1n) is 7.56. The zero-order valence-electron chi connectivity index (χ0n) is 13.1. The number of hydrogen-bond donors (Lipinski definition) is 0. The molecule has 1 aromatic heterocycles. The summed E-state index contributed by atoms with van der Waals surface area (Å²) in [6.45, 7) is 7.71. The number of alkyl halides is 3. The van der Waals surface area contributed by atoms with Gasteiger partial charge in [0, 0.05) is 45.5 Å². The number of rotatable bonds is 1. The van der Waals surface area contributed by atoms with Gasteiger partial charge in [0.15, 0.2) is 5.82 Å². The van der Waals surface area contributed by atoms with Crippen molar-refractivity contribution in [3.05, 3.63) is 17.8 Å². The average Bonchev–Trinajstić information content (AvgIpc) is 2.45. The van der Waals surface area contributed by atoms with Crippen LogP contribution < -0.4 is 9.80 Å². The molecule has 0 bridgehead atoms. The molecular weight excluding hydrogens is 293 g/mol. The van der Waals surface area contributed by atoms with Crippen LogP contribution in [0.5, 0.6) is 0 Å².